The normalized spacial score (nSPS) is 9.81. The number of aromatic nitrogens is 2. The molecular weight excluding hydrogens is 205 g/mol. The van der Waals surface area contributed by atoms with Gasteiger partial charge in [-0.25, -0.2) is 14.4 Å². The summed E-state index contributed by atoms with van der Waals surface area (Å²) in [5, 5.41) is 8.77. The average molecular weight is 213 g/mol. The molecule has 0 atom stereocenters. The Morgan fingerprint density at radius 3 is 2.69 bits per heavy atom. The summed E-state index contributed by atoms with van der Waals surface area (Å²) >= 11 is 0. The van der Waals surface area contributed by atoms with Crippen LogP contribution in [0.1, 0.15) is 11.4 Å². The summed E-state index contributed by atoms with van der Waals surface area (Å²) in [5.41, 5.74) is 1.19. The molecule has 4 heteroatoms. The van der Waals surface area contributed by atoms with Crippen molar-refractivity contribution in [1.82, 2.24) is 9.97 Å². The molecule has 0 aliphatic carbocycles. The first-order valence-electron chi connectivity index (χ1n) is 4.71. The SMILES string of the molecule is Cc1cc(C#N)nc(-c2ccccc2F)n1. The number of hydrogen-bond donors (Lipinski definition) is 0. The lowest BCUT2D eigenvalue weighted by molar-refractivity contribution is 0.630. The van der Waals surface area contributed by atoms with Crippen LogP contribution in [-0.4, -0.2) is 9.97 Å². The standard InChI is InChI=1S/C12H8FN3/c1-8-6-9(7-14)16-12(15-8)10-4-2-3-5-11(10)13/h2-6H,1H3. The third kappa shape index (κ3) is 1.89. The topological polar surface area (TPSA) is 49.6 Å². The highest BCUT2D eigenvalue weighted by atomic mass is 19.1. The van der Waals surface area contributed by atoms with Crippen LogP contribution in [-0.2, 0) is 0 Å². The molecule has 0 aliphatic rings. The summed E-state index contributed by atoms with van der Waals surface area (Å²) in [6, 6.07) is 9.71. The van der Waals surface area contributed by atoms with Crippen molar-refractivity contribution in [2.75, 3.05) is 0 Å². The molecule has 2 aromatic rings. The maximum Gasteiger partial charge on any atom is 0.163 e. The zero-order valence-corrected chi connectivity index (χ0v) is 8.61. The van der Waals surface area contributed by atoms with Crippen molar-refractivity contribution >= 4 is 0 Å². The summed E-state index contributed by atoms with van der Waals surface area (Å²) in [7, 11) is 0. The van der Waals surface area contributed by atoms with Crippen molar-refractivity contribution in [1.29, 1.82) is 5.26 Å². The van der Waals surface area contributed by atoms with Gasteiger partial charge in [-0.1, -0.05) is 12.1 Å². The minimum Gasteiger partial charge on any atom is -0.233 e. The molecule has 0 spiro atoms. The van der Waals surface area contributed by atoms with E-state index in [0.29, 0.717) is 11.3 Å². The van der Waals surface area contributed by atoms with E-state index in [1.807, 2.05) is 6.07 Å². The molecule has 0 bridgehead atoms. The maximum atomic E-state index is 13.5. The molecule has 0 saturated carbocycles. The van der Waals surface area contributed by atoms with Gasteiger partial charge in [-0.15, -0.1) is 0 Å². The van der Waals surface area contributed by atoms with Gasteiger partial charge in [0.05, 0.1) is 5.56 Å². The summed E-state index contributed by atoms with van der Waals surface area (Å²) in [5.74, 6) is -0.147. The van der Waals surface area contributed by atoms with Crippen molar-refractivity contribution in [3.05, 3.63) is 47.5 Å². The van der Waals surface area contributed by atoms with Gasteiger partial charge in [0.25, 0.3) is 0 Å². The molecular formula is C12H8FN3. The zero-order chi connectivity index (χ0) is 11.5. The van der Waals surface area contributed by atoms with Gasteiger partial charge in [0.1, 0.15) is 17.6 Å². The number of benzene rings is 1. The van der Waals surface area contributed by atoms with E-state index in [9.17, 15) is 4.39 Å². The molecule has 78 valence electrons. The highest BCUT2D eigenvalue weighted by Crippen LogP contribution is 2.19. The van der Waals surface area contributed by atoms with Crippen LogP contribution < -0.4 is 0 Å². The van der Waals surface area contributed by atoms with Crippen molar-refractivity contribution < 1.29 is 4.39 Å². The molecule has 16 heavy (non-hydrogen) atoms. The van der Waals surface area contributed by atoms with Crippen LogP contribution in [0.2, 0.25) is 0 Å². The van der Waals surface area contributed by atoms with Crippen LogP contribution in [0.4, 0.5) is 4.39 Å². The highest BCUT2D eigenvalue weighted by Gasteiger charge is 2.08. The van der Waals surface area contributed by atoms with Gasteiger partial charge in [0.2, 0.25) is 0 Å². The van der Waals surface area contributed by atoms with Gasteiger partial charge in [0.15, 0.2) is 5.82 Å². The van der Waals surface area contributed by atoms with Gasteiger partial charge in [0, 0.05) is 5.69 Å². The fourth-order valence-electron chi connectivity index (χ4n) is 1.39. The Hall–Kier alpha value is -2.28. The predicted molar refractivity (Wildman–Crippen MR) is 56.9 cm³/mol. The van der Waals surface area contributed by atoms with E-state index in [1.54, 1.807) is 31.2 Å². The molecule has 0 radical (unpaired) electrons. The van der Waals surface area contributed by atoms with Gasteiger partial charge in [-0.3, -0.25) is 0 Å². The first-order chi connectivity index (χ1) is 7.70. The lowest BCUT2D eigenvalue weighted by atomic mass is 10.2. The second-order valence-electron chi connectivity index (χ2n) is 3.31. The number of nitriles is 1. The van der Waals surface area contributed by atoms with Gasteiger partial charge < -0.3 is 0 Å². The number of hydrogen-bond acceptors (Lipinski definition) is 3. The van der Waals surface area contributed by atoms with Gasteiger partial charge in [-0.2, -0.15) is 5.26 Å². The summed E-state index contributed by atoms with van der Waals surface area (Å²) < 4.78 is 13.5. The Kier molecular flexibility index (Phi) is 2.61. The average Bonchev–Trinajstić information content (AvgIpc) is 2.28. The maximum absolute atomic E-state index is 13.5. The fraction of sp³-hybridized carbons (Fsp3) is 0.0833. The largest absolute Gasteiger partial charge is 0.233 e. The first-order valence-corrected chi connectivity index (χ1v) is 4.71. The second kappa shape index (κ2) is 4.07. The highest BCUT2D eigenvalue weighted by molar-refractivity contribution is 5.56. The number of nitrogens with zero attached hydrogens (tertiary/aromatic N) is 3. The van der Waals surface area contributed by atoms with Crippen LogP contribution in [0, 0.1) is 24.1 Å². The summed E-state index contributed by atoms with van der Waals surface area (Å²) in [6.45, 7) is 1.74. The molecule has 0 aliphatic heterocycles. The number of rotatable bonds is 1. The van der Waals surface area contributed by atoms with E-state index in [2.05, 4.69) is 9.97 Å². The third-order valence-electron chi connectivity index (χ3n) is 2.08. The second-order valence-corrected chi connectivity index (χ2v) is 3.31. The quantitative estimate of drug-likeness (QED) is 0.731. The van der Waals surface area contributed by atoms with E-state index in [1.165, 1.54) is 6.07 Å². The third-order valence-corrected chi connectivity index (χ3v) is 2.08. The smallest absolute Gasteiger partial charge is 0.163 e. The fourth-order valence-corrected chi connectivity index (χ4v) is 1.39. The van der Waals surface area contributed by atoms with Crippen molar-refractivity contribution in [3.8, 4) is 17.5 Å². The molecule has 1 aromatic heterocycles. The molecule has 0 unspecified atom stereocenters. The van der Waals surface area contributed by atoms with Crippen LogP contribution in [0.3, 0.4) is 0 Å². The van der Waals surface area contributed by atoms with Crippen molar-refractivity contribution in [3.63, 3.8) is 0 Å². The van der Waals surface area contributed by atoms with Crippen LogP contribution in [0.5, 0.6) is 0 Å². The molecule has 0 N–H and O–H groups in total. The Balaban J connectivity index is 2.61. The molecule has 1 heterocycles. The molecule has 3 nitrogen and oxygen atoms in total. The molecule has 1 aromatic carbocycles. The Labute approximate surface area is 92.2 Å². The van der Waals surface area contributed by atoms with Crippen molar-refractivity contribution in [2.24, 2.45) is 0 Å². The first kappa shape index (κ1) is 10.2. The minimum atomic E-state index is -0.392. The predicted octanol–water partition coefficient (Wildman–Crippen LogP) is 2.46. The lowest BCUT2D eigenvalue weighted by Gasteiger charge is -2.02. The summed E-state index contributed by atoms with van der Waals surface area (Å²) in [4.78, 5) is 8.08. The zero-order valence-electron chi connectivity index (χ0n) is 8.61. The van der Waals surface area contributed by atoms with E-state index in [0.717, 1.165) is 0 Å². The lowest BCUT2D eigenvalue weighted by Crippen LogP contribution is -1.96. The molecule has 2 rings (SSSR count). The van der Waals surface area contributed by atoms with Crippen LogP contribution in [0.25, 0.3) is 11.4 Å². The van der Waals surface area contributed by atoms with E-state index in [-0.39, 0.29) is 11.5 Å². The minimum absolute atomic E-state index is 0.241. The van der Waals surface area contributed by atoms with Crippen LogP contribution in [0.15, 0.2) is 30.3 Å². The number of aryl methyl sites for hydroxylation is 1. The van der Waals surface area contributed by atoms with E-state index >= 15 is 0 Å². The monoisotopic (exact) mass is 213 g/mol. The summed E-state index contributed by atoms with van der Waals surface area (Å²) in [6.07, 6.45) is 0. The Bertz CT molecular complexity index is 573. The van der Waals surface area contributed by atoms with E-state index < -0.39 is 5.82 Å². The molecule has 0 amide bonds. The van der Waals surface area contributed by atoms with Gasteiger partial charge >= 0.3 is 0 Å². The van der Waals surface area contributed by atoms with Crippen molar-refractivity contribution in [2.45, 2.75) is 6.92 Å². The Morgan fingerprint density at radius 2 is 2.00 bits per heavy atom. The van der Waals surface area contributed by atoms with E-state index in [4.69, 9.17) is 5.26 Å². The number of halogens is 1. The molecule has 0 saturated heterocycles. The Morgan fingerprint density at radius 1 is 1.25 bits per heavy atom. The molecule has 0 fully saturated rings. The van der Waals surface area contributed by atoms with Gasteiger partial charge in [-0.05, 0) is 25.1 Å². The van der Waals surface area contributed by atoms with Crippen LogP contribution >= 0.6 is 0 Å².